The van der Waals surface area contributed by atoms with Crippen LogP contribution in [0.4, 0.5) is 0 Å². The van der Waals surface area contributed by atoms with Crippen molar-refractivity contribution in [2.75, 3.05) is 13.7 Å². The van der Waals surface area contributed by atoms with Crippen LogP contribution in [0.3, 0.4) is 0 Å². The molecule has 2 atom stereocenters. The average molecular weight is 272 g/mol. The monoisotopic (exact) mass is 272 g/mol. The van der Waals surface area contributed by atoms with Crippen LogP contribution in [0.1, 0.15) is 36.7 Å². The summed E-state index contributed by atoms with van der Waals surface area (Å²) in [5, 5.41) is 13.9. The van der Waals surface area contributed by atoms with Crippen molar-refractivity contribution < 1.29 is 14.6 Å². The third kappa shape index (κ3) is 3.76. The van der Waals surface area contributed by atoms with Crippen LogP contribution >= 0.6 is 11.3 Å². The van der Waals surface area contributed by atoms with Crippen molar-refractivity contribution in [3.05, 3.63) is 16.1 Å². The molecule has 0 aromatic carbocycles. The van der Waals surface area contributed by atoms with Crippen molar-refractivity contribution in [2.45, 2.75) is 38.8 Å². The lowest BCUT2D eigenvalue weighted by Crippen LogP contribution is -2.46. The van der Waals surface area contributed by atoms with Crippen LogP contribution < -0.4 is 5.32 Å². The fourth-order valence-electron chi connectivity index (χ4n) is 1.42. The van der Waals surface area contributed by atoms with Gasteiger partial charge >= 0.3 is 5.97 Å². The molecule has 5 nitrogen and oxygen atoms in total. The summed E-state index contributed by atoms with van der Waals surface area (Å²) in [5.41, 5.74) is -1.52. The molecule has 0 amide bonds. The van der Waals surface area contributed by atoms with E-state index in [4.69, 9.17) is 0 Å². The number of ether oxygens (including phenoxy) is 1. The number of hydrogen-bond donors (Lipinski definition) is 2. The van der Waals surface area contributed by atoms with Gasteiger partial charge in [0.15, 0.2) is 5.60 Å². The van der Waals surface area contributed by atoms with Crippen LogP contribution in [-0.4, -0.2) is 35.3 Å². The molecule has 102 valence electrons. The number of nitrogens with zero attached hydrogens (tertiary/aromatic N) is 1. The summed E-state index contributed by atoms with van der Waals surface area (Å²) < 4.78 is 4.53. The smallest absolute Gasteiger partial charge is 0.338 e. The van der Waals surface area contributed by atoms with Gasteiger partial charge in [-0.1, -0.05) is 6.92 Å². The van der Waals surface area contributed by atoms with E-state index < -0.39 is 11.6 Å². The molecule has 0 saturated carbocycles. The molecule has 0 aliphatic rings. The Hall–Kier alpha value is -0.980. The summed E-state index contributed by atoms with van der Waals surface area (Å²) in [4.78, 5) is 16.8. The fourth-order valence-corrected chi connectivity index (χ4v) is 2.30. The summed E-state index contributed by atoms with van der Waals surface area (Å²) in [6, 6.07) is -0.00793. The molecular formula is C12H20N2O3S. The number of aryl methyl sites for hydroxylation is 1. The first-order chi connectivity index (χ1) is 8.40. The zero-order chi connectivity index (χ0) is 13.8. The van der Waals surface area contributed by atoms with E-state index in [9.17, 15) is 9.90 Å². The van der Waals surface area contributed by atoms with Gasteiger partial charge in [0.25, 0.3) is 0 Å². The number of nitrogens with one attached hydrogen (secondary N) is 1. The Morgan fingerprint density at radius 2 is 2.39 bits per heavy atom. The third-order valence-electron chi connectivity index (χ3n) is 2.67. The molecule has 0 bridgehead atoms. The summed E-state index contributed by atoms with van der Waals surface area (Å²) in [6.07, 6.45) is 2.82. The number of aliphatic hydroxyl groups is 1. The highest BCUT2D eigenvalue weighted by molar-refractivity contribution is 7.11. The maximum absolute atomic E-state index is 11.3. The zero-order valence-corrected chi connectivity index (χ0v) is 12.0. The van der Waals surface area contributed by atoms with E-state index in [1.165, 1.54) is 18.9 Å². The van der Waals surface area contributed by atoms with Crippen molar-refractivity contribution in [3.63, 3.8) is 0 Å². The van der Waals surface area contributed by atoms with Gasteiger partial charge in [-0.3, -0.25) is 0 Å². The van der Waals surface area contributed by atoms with Crippen molar-refractivity contribution >= 4 is 17.3 Å². The van der Waals surface area contributed by atoms with Crippen LogP contribution in [0.2, 0.25) is 0 Å². The number of aromatic nitrogens is 1. The molecule has 1 heterocycles. The molecule has 0 fully saturated rings. The van der Waals surface area contributed by atoms with E-state index in [-0.39, 0.29) is 12.6 Å². The first kappa shape index (κ1) is 15.1. The van der Waals surface area contributed by atoms with Crippen LogP contribution in [0.15, 0.2) is 6.20 Å². The number of esters is 1. The van der Waals surface area contributed by atoms with E-state index in [1.54, 1.807) is 11.3 Å². The predicted octanol–water partition coefficient (Wildman–Crippen LogP) is 1.28. The normalized spacial score (nSPS) is 16.1. The van der Waals surface area contributed by atoms with Gasteiger partial charge < -0.3 is 15.2 Å². The van der Waals surface area contributed by atoms with Crippen molar-refractivity contribution in [2.24, 2.45) is 0 Å². The van der Waals surface area contributed by atoms with Crippen LogP contribution in [0.5, 0.6) is 0 Å². The van der Waals surface area contributed by atoms with Gasteiger partial charge in [-0.2, -0.15) is 0 Å². The first-order valence-corrected chi connectivity index (χ1v) is 6.71. The standard InChI is InChI=1S/C12H20N2O3S/c1-5-9-6-13-10(18-9)8(2)14-7-12(3,16)11(15)17-4/h6,8,14,16H,5,7H2,1-4H3. The van der Waals surface area contributed by atoms with Crippen LogP contribution in [0, 0.1) is 0 Å². The lowest BCUT2D eigenvalue weighted by molar-refractivity contribution is -0.160. The summed E-state index contributed by atoms with van der Waals surface area (Å²) >= 11 is 1.63. The molecule has 6 heteroatoms. The zero-order valence-electron chi connectivity index (χ0n) is 11.2. The highest BCUT2D eigenvalue weighted by atomic mass is 32.1. The Morgan fingerprint density at radius 1 is 1.72 bits per heavy atom. The van der Waals surface area contributed by atoms with Crippen molar-refractivity contribution in [1.29, 1.82) is 0 Å². The summed E-state index contributed by atoms with van der Waals surface area (Å²) in [5.74, 6) is -0.643. The summed E-state index contributed by atoms with van der Waals surface area (Å²) in [6.45, 7) is 5.59. The number of methoxy groups -OCH3 is 1. The second kappa shape index (κ2) is 6.26. The minimum atomic E-state index is -1.52. The Bertz CT molecular complexity index is 404. The minimum Gasteiger partial charge on any atom is -0.467 e. The number of thiazole rings is 1. The first-order valence-electron chi connectivity index (χ1n) is 5.89. The molecule has 2 unspecified atom stereocenters. The molecule has 2 N–H and O–H groups in total. The Kier molecular flexibility index (Phi) is 5.25. The topological polar surface area (TPSA) is 71.5 Å². The molecule has 1 rings (SSSR count). The van der Waals surface area contributed by atoms with Crippen LogP contribution in [-0.2, 0) is 16.0 Å². The molecular weight excluding hydrogens is 252 g/mol. The minimum absolute atomic E-state index is 0.00793. The third-order valence-corrected chi connectivity index (χ3v) is 3.99. The molecule has 0 spiro atoms. The lowest BCUT2D eigenvalue weighted by atomic mass is 10.1. The highest BCUT2D eigenvalue weighted by Crippen LogP contribution is 2.20. The average Bonchev–Trinajstić information content (AvgIpc) is 2.83. The number of rotatable bonds is 6. The highest BCUT2D eigenvalue weighted by Gasteiger charge is 2.31. The van der Waals surface area contributed by atoms with Gasteiger partial charge in [-0.15, -0.1) is 11.3 Å². The largest absolute Gasteiger partial charge is 0.467 e. The molecule has 0 saturated heterocycles. The van der Waals surface area contributed by atoms with Gasteiger partial charge in [0.1, 0.15) is 5.01 Å². The van der Waals surface area contributed by atoms with Gasteiger partial charge in [-0.25, -0.2) is 9.78 Å². The fraction of sp³-hybridized carbons (Fsp3) is 0.667. The maximum atomic E-state index is 11.3. The molecule has 0 aliphatic carbocycles. The predicted molar refractivity (Wildman–Crippen MR) is 70.5 cm³/mol. The number of hydrogen-bond acceptors (Lipinski definition) is 6. The second-order valence-corrected chi connectivity index (χ2v) is 5.53. The SMILES string of the molecule is CCc1cnc(C(C)NCC(C)(O)C(=O)OC)s1. The van der Waals surface area contributed by atoms with Gasteiger partial charge in [-0.05, 0) is 20.3 Å². The molecule has 0 aliphatic heterocycles. The summed E-state index contributed by atoms with van der Waals surface area (Å²) in [7, 11) is 1.26. The lowest BCUT2D eigenvalue weighted by Gasteiger charge is -2.22. The van der Waals surface area contributed by atoms with E-state index in [0.717, 1.165) is 11.4 Å². The van der Waals surface area contributed by atoms with Gasteiger partial charge in [0.05, 0.1) is 13.2 Å². The van der Waals surface area contributed by atoms with Gasteiger partial charge in [0.2, 0.25) is 0 Å². The maximum Gasteiger partial charge on any atom is 0.338 e. The van der Waals surface area contributed by atoms with Crippen molar-refractivity contribution in [1.82, 2.24) is 10.3 Å². The Labute approximate surface area is 111 Å². The van der Waals surface area contributed by atoms with Crippen LogP contribution in [0.25, 0.3) is 0 Å². The van der Waals surface area contributed by atoms with E-state index in [1.807, 2.05) is 13.1 Å². The van der Waals surface area contributed by atoms with E-state index in [2.05, 4.69) is 22.0 Å². The number of carbonyl (C=O) groups excluding carboxylic acids is 1. The van der Waals surface area contributed by atoms with Gasteiger partial charge in [0, 0.05) is 17.6 Å². The molecule has 18 heavy (non-hydrogen) atoms. The Balaban J connectivity index is 2.55. The molecule has 1 aromatic heterocycles. The Morgan fingerprint density at radius 3 is 2.89 bits per heavy atom. The van der Waals surface area contributed by atoms with E-state index in [0.29, 0.717) is 0 Å². The van der Waals surface area contributed by atoms with Crippen molar-refractivity contribution in [3.8, 4) is 0 Å². The number of carbonyl (C=O) groups is 1. The molecule has 1 aromatic rings. The quantitative estimate of drug-likeness (QED) is 0.763. The second-order valence-electron chi connectivity index (χ2n) is 4.39. The van der Waals surface area contributed by atoms with E-state index >= 15 is 0 Å². The molecule has 0 radical (unpaired) electrons.